The van der Waals surface area contributed by atoms with Crippen LogP contribution in [0.15, 0.2) is 24.4 Å². The quantitative estimate of drug-likeness (QED) is 0.711. The molecule has 0 spiro atoms. The van der Waals surface area contributed by atoms with Crippen LogP contribution in [0.4, 0.5) is 0 Å². The van der Waals surface area contributed by atoms with Gasteiger partial charge in [-0.3, -0.25) is 4.98 Å². The van der Waals surface area contributed by atoms with Gasteiger partial charge < -0.3 is 5.73 Å². The lowest BCUT2D eigenvalue weighted by molar-refractivity contribution is 0.380. The van der Waals surface area contributed by atoms with Crippen LogP contribution in [0.5, 0.6) is 0 Å². The maximum atomic E-state index is 6.07. The number of pyridine rings is 1. The fourth-order valence-electron chi connectivity index (χ4n) is 2.12. The minimum atomic E-state index is 0.323. The summed E-state index contributed by atoms with van der Waals surface area (Å²) in [6.07, 6.45) is 6.80. The summed E-state index contributed by atoms with van der Waals surface area (Å²) >= 11 is 0. The van der Waals surface area contributed by atoms with E-state index in [0.717, 1.165) is 6.42 Å². The van der Waals surface area contributed by atoms with E-state index in [1.54, 1.807) is 0 Å². The number of nitrogens with two attached hydrogens (primary N) is 1. The van der Waals surface area contributed by atoms with E-state index in [4.69, 9.17) is 5.73 Å². The van der Waals surface area contributed by atoms with Crippen molar-refractivity contribution < 1.29 is 0 Å². The van der Waals surface area contributed by atoms with Crippen molar-refractivity contribution in [1.82, 2.24) is 4.98 Å². The maximum Gasteiger partial charge on any atom is 0.0449 e. The van der Waals surface area contributed by atoms with Gasteiger partial charge in [0.05, 0.1) is 0 Å². The lowest BCUT2D eigenvalue weighted by Gasteiger charge is -2.27. The van der Waals surface area contributed by atoms with Gasteiger partial charge in [0.2, 0.25) is 0 Å². The average Bonchev–Trinajstić information content (AvgIpc) is 2.20. The molecular formula is C11H16N2. The number of aromatic nitrogens is 1. The van der Waals surface area contributed by atoms with Gasteiger partial charge in [-0.15, -0.1) is 0 Å². The van der Waals surface area contributed by atoms with Gasteiger partial charge in [0.1, 0.15) is 0 Å². The molecule has 2 atom stereocenters. The van der Waals surface area contributed by atoms with Crippen LogP contribution < -0.4 is 5.73 Å². The molecule has 1 aliphatic rings. The van der Waals surface area contributed by atoms with Crippen molar-refractivity contribution in [3.63, 3.8) is 0 Å². The second-order valence-electron chi connectivity index (χ2n) is 3.81. The molecule has 0 bridgehead atoms. The highest BCUT2D eigenvalue weighted by Gasteiger charge is 2.23. The Morgan fingerprint density at radius 3 is 2.77 bits per heavy atom. The molecule has 2 rings (SSSR count). The average molecular weight is 176 g/mol. The van der Waals surface area contributed by atoms with Crippen molar-refractivity contribution in [2.45, 2.75) is 37.6 Å². The predicted molar refractivity (Wildman–Crippen MR) is 53.4 cm³/mol. The SMILES string of the molecule is NC1CCCC[C@@H]1c1ccccn1. The number of nitrogens with zero attached hydrogens (tertiary/aromatic N) is 1. The second kappa shape index (κ2) is 3.88. The third-order valence-corrected chi connectivity index (χ3v) is 2.89. The zero-order valence-electron chi connectivity index (χ0n) is 7.82. The Kier molecular flexibility index (Phi) is 2.60. The minimum Gasteiger partial charge on any atom is -0.327 e. The van der Waals surface area contributed by atoms with Crippen LogP contribution in [0.25, 0.3) is 0 Å². The molecular weight excluding hydrogens is 160 g/mol. The van der Waals surface area contributed by atoms with Crippen LogP contribution >= 0.6 is 0 Å². The van der Waals surface area contributed by atoms with Crippen molar-refractivity contribution in [3.8, 4) is 0 Å². The lowest BCUT2D eigenvalue weighted by atomic mass is 9.83. The summed E-state index contributed by atoms with van der Waals surface area (Å²) in [6.45, 7) is 0. The summed E-state index contributed by atoms with van der Waals surface area (Å²) in [7, 11) is 0. The van der Waals surface area contributed by atoms with E-state index < -0.39 is 0 Å². The Labute approximate surface area is 79.2 Å². The van der Waals surface area contributed by atoms with Gasteiger partial charge in [-0.2, -0.15) is 0 Å². The van der Waals surface area contributed by atoms with Crippen LogP contribution in [0.2, 0.25) is 0 Å². The third-order valence-electron chi connectivity index (χ3n) is 2.89. The molecule has 70 valence electrons. The summed E-state index contributed by atoms with van der Waals surface area (Å²) in [4.78, 5) is 4.37. The summed E-state index contributed by atoms with van der Waals surface area (Å²) in [5.41, 5.74) is 7.25. The zero-order valence-corrected chi connectivity index (χ0v) is 7.82. The molecule has 1 aromatic rings. The van der Waals surface area contributed by atoms with Crippen molar-refractivity contribution >= 4 is 0 Å². The van der Waals surface area contributed by atoms with Gasteiger partial charge in [0.15, 0.2) is 0 Å². The van der Waals surface area contributed by atoms with Gasteiger partial charge in [0.25, 0.3) is 0 Å². The molecule has 1 unspecified atom stereocenters. The Morgan fingerprint density at radius 2 is 2.08 bits per heavy atom. The lowest BCUT2D eigenvalue weighted by Crippen LogP contribution is -2.31. The third kappa shape index (κ3) is 1.89. The standard InChI is InChI=1S/C11H16N2/c12-10-6-2-1-5-9(10)11-7-3-4-8-13-11/h3-4,7-10H,1-2,5-6,12H2/t9-,10?/m0/s1. The molecule has 1 aliphatic carbocycles. The van der Waals surface area contributed by atoms with Gasteiger partial charge in [-0.25, -0.2) is 0 Å². The number of hydrogen-bond acceptors (Lipinski definition) is 2. The first-order chi connectivity index (χ1) is 6.38. The topological polar surface area (TPSA) is 38.9 Å². The van der Waals surface area contributed by atoms with Gasteiger partial charge >= 0.3 is 0 Å². The minimum absolute atomic E-state index is 0.323. The summed E-state index contributed by atoms with van der Waals surface area (Å²) < 4.78 is 0. The second-order valence-corrected chi connectivity index (χ2v) is 3.81. The maximum absolute atomic E-state index is 6.07. The summed E-state index contributed by atoms with van der Waals surface area (Å²) in [6, 6.07) is 6.42. The fraction of sp³-hybridized carbons (Fsp3) is 0.545. The van der Waals surface area contributed by atoms with Gasteiger partial charge in [-0.1, -0.05) is 18.9 Å². The summed E-state index contributed by atoms with van der Waals surface area (Å²) in [5.74, 6) is 0.495. The Morgan fingerprint density at radius 1 is 1.23 bits per heavy atom. The predicted octanol–water partition coefficient (Wildman–Crippen LogP) is 2.07. The highest BCUT2D eigenvalue weighted by atomic mass is 14.7. The smallest absolute Gasteiger partial charge is 0.0449 e. The molecule has 2 heteroatoms. The first kappa shape index (κ1) is 8.70. The van der Waals surface area contributed by atoms with Crippen LogP contribution in [0.3, 0.4) is 0 Å². The van der Waals surface area contributed by atoms with Crippen LogP contribution in [0, 0.1) is 0 Å². The molecule has 0 aromatic carbocycles. The molecule has 1 aromatic heterocycles. The molecule has 2 N–H and O–H groups in total. The Balaban J connectivity index is 2.15. The Bertz CT molecular complexity index is 258. The van der Waals surface area contributed by atoms with E-state index in [2.05, 4.69) is 11.1 Å². The summed E-state index contributed by atoms with van der Waals surface area (Å²) in [5, 5.41) is 0. The van der Waals surface area contributed by atoms with Crippen LogP contribution in [-0.4, -0.2) is 11.0 Å². The molecule has 0 saturated heterocycles. The van der Waals surface area contributed by atoms with E-state index in [0.29, 0.717) is 12.0 Å². The van der Waals surface area contributed by atoms with Crippen molar-refractivity contribution in [2.24, 2.45) is 5.73 Å². The molecule has 0 amide bonds. The molecule has 0 radical (unpaired) electrons. The molecule has 1 saturated carbocycles. The zero-order chi connectivity index (χ0) is 9.10. The van der Waals surface area contributed by atoms with Crippen molar-refractivity contribution in [1.29, 1.82) is 0 Å². The molecule has 1 fully saturated rings. The van der Waals surface area contributed by atoms with Gasteiger partial charge in [0, 0.05) is 23.9 Å². The van der Waals surface area contributed by atoms with E-state index in [1.807, 2.05) is 18.3 Å². The normalized spacial score (nSPS) is 28.7. The van der Waals surface area contributed by atoms with Crippen LogP contribution in [-0.2, 0) is 0 Å². The monoisotopic (exact) mass is 176 g/mol. The molecule has 0 aliphatic heterocycles. The van der Waals surface area contributed by atoms with Gasteiger partial charge in [-0.05, 0) is 25.0 Å². The van der Waals surface area contributed by atoms with Crippen LogP contribution in [0.1, 0.15) is 37.3 Å². The van der Waals surface area contributed by atoms with E-state index in [1.165, 1.54) is 25.0 Å². The molecule has 2 nitrogen and oxygen atoms in total. The van der Waals surface area contributed by atoms with Crippen molar-refractivity contribution in [3.05, 3.63) is 30.1 Å². The highest BCUT2D eigenvalue weighted by Crippen LogP contribution is 2.30. The van der Waals surface area contributed by atoms with Crippen molar-refractivity contribution in [2.75, 3.05) is 0 Å². The molecule has 1 heterocycles. The highest BCUT2D eigenvalue weighted by molar-refractivity contribution is 5.12. The molecule has 13 heavy (non-hydrogen) atoms. The first-order valence-electron chi connectivity index (χ1n) is 5.04. The first-order valence-corrected chi connectivity index (χ1v) is 5.04. The number of hydrogen-bond donors (Lipinski definition) is 1. The largest absolute Gasteiger partial charge is 0.327 e. The van der Waals surface area contributed by atoms with E-state index >= 15 is 0 Å². The van der Waals surface area contributed by atoms with E-state index in [-0.39, 0.29) is 0 Å². The fourth-order valence-corrected chi connectivity index (χ4v) is 2.12. The number of rotatable bonds is 1. The van der Waals surface area contributed by atoms with E-state index in [9.17, 15) is 0 Å². The Hall–Kier alpha value is -0.890.